The molecule has 0 bridgehead atoms. The molecule has 6 heteroatoms. The summed E-state index contributed by atoms with van der Waals surface area (Å²) in [5.41, 5.74) is 5.45. The molecule has 0 saturated heterocycles. The second-order valence-corrected chi connectivity index (χ2v) is 12.9. The molecule has 3 heterocycles. The van der Waals surface area contributed by atoms with Gasteiger partial charge in [-0.15, -0.1) is 11.3 Å². The molecule has 0 N–H and O–H groups in total. The zero-order chi connectivity index (χ0) is 31.6. The third kappa shape index (κ3) is 4.31. The topological polar surface area (TPSA) is 64.7 Å². The van der Waals surface area contributed by atoms with Crippen LogP contribution in [0.3, 0.4) is 0 Å². The van der Waals surface area contributed by atoms with E-state index in [1.807, 2.05) is 66.7 Å². The van der Waals surface area contributed by atoms with E-state index in [0.717, 1.165) is 60.3 Å². The van der Waals surface area contributed by atoms with Gasteiger partial charge in [0.15, 0.2) is 23.1 Å². The molecule has 10 rings (SSSR count). The average molecular weight is 633 g/mol. The van der Waals surface area contributed by atoms with E-state index in [0.29, 0.717) is 23.4 Å². The second-order valence-electron chi connectivity index (χ2n) is 11.8. The Hall–Kier alpha value is -6.24. The number of benzene rings is 7. The number of aromatic nitrogens is 4. The number of thiophene rings is 1. The first-order valence-corrected chi connectivity index (χ1v) is 16.6. The first kappa shape index (κ1) is 26.9. The first-order valence-electron chi connectivity index (χ1n) is 15.8. The smallest absolute Gasteiger partial charge is 0.227 e. The maximum Gasteiger partial charge on any atom is 0.227 e. The fourth-order valence-corrected chi connectivity index (χ4v) is 7.79. The Bertz CT molecular complexity index is 2840. The van der Waals surface area contributed by atoms with Gasteiger partial charge in [0.25, 0.3) is 0 Å². The largest absolute Gasteiger partial charge is 0.436 e. The Morgan fingerprint density at radius 2 is 1.08 bits per heavy atom. The third-order valence-corrected chi connectivity index (χ3v) is 10.1. The molecule has 0 aliphatic rings. The van der Waals surface area contributed by atoms with Gasteiger partial charge in [-0.05, 0) is 57.9 Å². The predicted molar refractivity (Wildman–Crippen MR) is 197 cm³/mol. The van der Waals surface area contributed by atoms with Gasteiger partial charge in [0, 0.05) is 42.4 Å². The number of rotatable bonds is 4. The summed E-state index contributed by atoms with van der Waals surface area (Å²) in [6.07, 6.45) is 0. The summed E-state index contributed by atoms with van der Waals surface area (Å²) in [6, 6.07) is 49.9. The maximum atomic E-state index is 6.29. The molecule has 10 aromatic rings. The van der Waals surface area contributed by atoms with Crippen molar-refractivity contribution in [3.05, 3.63) is 146 Å². The van der Waals surface area contributed by atoms with Gasteiger partial charge in [0.1, 0.15) is 5.52 Å². The number of nitrogens with zero attached hydrogens (tertiary/aromatic N) is 4. The van der Waals surface area contributed by atoms with Gasteiger partial charge in [-0.1, -0.05) is 109 Å². The Morgan fingerprint density at radius 1 is 0.438 bits per heavy atom. The lowest BCUT2D eigenvalue weighted by atomic mass is 10.0. The van der Waals surface area contributed by atoms with Crippen LogP contribution in [0.1, 0.15) is 0 Å². The van der Waals surface area contributed by atoms with Gasteiger partial charge in [-0.3, -0.25) is 0 Å². The molecule has 224 valence electrons. The molecule has 0 fully saturated rings. The Labute approximate surface area is 278 Å². The lowest BCUT2D eigenvalue weighted by Crippen LogP contribution is -2.00. The number of hydrogen-bond donors (Lipinski definition) is 0. The van der Waals surface area contributed by atoms with Crippen molar-refractivity contribution in [2.45, 2.75) is 0 Å². The van der Waals surface area contributed by atoms with E-state index in [1.54, 1.807) is 11.3 Å². The van der Waals surface area contributed by atoms with E-state index < -0.39 is 0 Å². The van der Waals surface area contributed by atoms with E-state index in [2.05, 4.69) is 78.9 Å². The van der Waals surface area contributed by atoms with E-state index >= 15 is 0 Å². The predicted octanol–water partition coefficient (Wildman–Crippen LogP) is 11.4. The highest BCUT2D eigenvalue weighted by molar-refractivity contribution is 7.26. The van der Waals surface area contributed by atoms with Crippen molar-refractivity contribution in [3.8, 4) is 45.6 Å². The van der Waals surface area contributed by atoms with Crippen LogP contribution >= 0.6 is 11.3 Å². The van der Waals surface area contributed by atoms with Crippen LogP contribution in [-0.2, 0) is 0 Å². The number of fused-ring (bicyclic) bond motifs is 8. The summed E-state index contributed by atoms with van der Waals surface area (Å²) >= 11 is 1.78. The maximum absolute atomic E-state index is 6.29. The minimum Gasteiger partial charge on any atom is -0.436 e. The molecular formula is C42H24N4OS. The number of hydrogen-bond acceptors (Lipinski definition) is 6. The minimum absolute atomic E-state index is 0.623. The summed E-state index contributed by atoms with van der Waals surface area (Å²) in [5, 5.41) is 6.79. The molecular weight excluding hydrogens is 609 g/mol. The van der Waals surface area contributed by atoms with Crippen molar-refractivity contribution in [1.82, 2.24) is 19.9 Å². The lowest BCUT2D eigenvalue weighted by molar-refractivity contribution is 0.620. The van der Waals surface area contributed by atoms with E-state index in [-0.39, 0.29) is 0 Å². The summed E-state index contributed by atoms with van der Waals surface area (Å²) in [6.45, 7) is 0. The SMILES string of the molecule is c1ccc(-c2nc(-c3ccc4ccc5sc6ccc7oc(-c8ccccc8)nc7c6c5c4c3)nc(-c3cccc4ccccc34)n2)cc1. The zero-order valence-corrected chi connectivity index (χ0v) is 26.3. The van der Waals surface area contributed by atoms with E-state index in [1.165, 1.54) is 14.8 Å². The quantitative estimate of drug-likeness (QED) is 0.193. The van der Waals surface area contributed by atoms with Crippen molar-refractivity contribution in [1.29, 1.82) is 0 Å². The number of oxazole rings is 1. The highest BCUT2D eigenvalue weighted by Crippen LogP contribution is 2.43. The average Bonchev–Trinajstić information content (AvgIpc) is 3.77. The van der Waals surface area contributed by atoms with Crippen LogP contribution in [0.4, 0.5) is 0 Å². The van der Waals surface area contributed by atoms with Crippen LogP contribution in [-0.4, -0.2) is 19.9 Å². The van der Waals surface area contributed by atoms with Gasteiger partial charge >= 0.3 is 0 Å². The van der Waals surface area contributed by atoms with Crippen LogP contribution in [0.2, 0.25) is 0 Å². The molecule has 48 heavy (non-hydrogen) atoms. The third-order valence-electron chi connectivity index (χ3n) is 8.95. The van der Waals surface area contributed by atoms with Gasteiger partial charge in [-0.25, -0.2) is 19.9 Å². The summed E-state index contributed by atoms with van der Waals surface area (Å²) < 4.78 is 8.66. The summed E-state index contributed by atoms with van der Waals surface area (Å²) in [5.74, 6) is 2.54. The van der Waals surface area contributed by atoms with Gasteiger partial charge in [-0.2, -0.15) is 0 Å². The van der Waals surface area contributed by atoms with Crippen molar-refractivity contribution in [2.75, 3.05) is 0 Å². The Kier molecular flexibility index (Phi) is 5.98. The van der Waals surface area contributed by atoms with Crippen molar-refractivity contribution in [2.24, 2.45) is 0 Å². The fraction of sp³-hybridized carbons (Fsp3) is 0. The van der Waals surface area contributed by atoms with Crippen molar-refractivity contribution in [3.63, 3.8) is 0 Å². The lowest BCUT2D eigenvalue weighted by Gasteiger charge is -2.11. The van der Waals surface area contributed by atoms with Crippen LogP contribution in [0.5, 0.6) is 0 Å². The van der Waals surface area contributed by atoms with Crippen LogP contribution in [0.15, 0.2) is 150 Å². The summed E-state index contributed by atoms with van der Waals surface area (Å²) in [7, 11) is 0. The molecule has 3 aromatic heterocycles. The van der Waals surface area contributed by atoms with Gasteiger partial charge < -0.3 is 4.42 Å². The van der Waals surface area contributed by atoms with Gasteiger partial charge in [0.2, 0.25) is 5.89 Å². The molecule has 0 spiro atoms. The van der Waals surface area contributed by atoms with E-state index in [9.17, 15) is 0 Å². The molecule has 0 radical (unpaired) electrons. The van der Waals surface area contributed by atoms with Crippen molar-refractivity contribution >= 4 is 64.2 Å². The highest BCUT2D eigenvalue weighted by Gasteiger charge is 2.19. The standard InChI is InChI=1S/C42H24N4OS/c1-3-11-27(12-4-1)39-44-40(46-41(45-39)31-17-9-15-25-10-7-8-16-30(25)31)29-19-18-26-20-22-34-36(32(26)24-29)37-35(48-34)23-21-33-38(37)43-42(47-33)28-13-5-2-6-14-28/h1-24H. The van der Waals surface area contributed by atoms with E-state index in [4.69, 9.17) is 24.4 Å². The molecule has 0 amide bonds. The first-order chi connectivity index (χ1) is 23.8. The molecule has 5 nitrogen and oxygen atoms in total. The highest BCUT2D eigenvalue weighted by atomic mass is 32.1. The second kappa shape index (κ2) is 10.7. The van der Waals surface area contributed by atoms with Gasteiger partial charge in [0.05, 0.1) is 0 Å². The Balaban J connectivity index is 1.22. The van der Waals surface area contributed by atoms with Crippen LogP contribution in [0.25, 0.3) is 98.4 Å². The van der Waals surface area contributed by atoms with Crippen LogP contribution < -0.4 is 0 Å². The summed E-state index contributed by atoms with van der Waals surface area (Å²) in [4.78, 5) is 20.2. The minimum atomic E-state index is 0.623. The monoisotopic (exact) mass is 632 g/mol. The fourth-order valence-electron chi connectivity index (χ4n) is 6.67. The molecule has 0 unspecified atom stereocenters. The van der Waals surface area contributed by atoms with Crippen LogP contribution in [0, 0.1) is 0 Å². The molecule has 0 atom stereocenters. The normalized spacial score (nSPS) is 11.8. The molecule has 0 aliphatic carbocycles. The Morgan fingerprint density at radius 3 is 1.94 bits per heavy atom. The molecule has 7 aromatic carbocycles. The van der Waals surface area contributed by atoms with Crippen molar-refractivity contribution < 1.29 is 4.42 Å². The molecule has 0 aliphatic heterocycles. The zero-order valence-electron chi connectivity index (χ0n) is 25.5. The molecule has 0 saturated carbocycles.